The Hall–Kier alpha value is -1.83. The van der Waals surface area contributed by atoms with Gasteiger partial charge in [0.05, 0.1) is 0 Å². The number of rotatable bonds is 7. The Labute approximate surface area is 129 Å². The zero-order chi connectivity index (χ0) is 16.0. The number of hydrogen-bond donors (Lipinski definition) is 1. The molecule has 1 aromatic carbocycles. The Morgan fingerprint density at radius 3 is 2.62 bits per heavy atom. The highest BCUT2D eigenvalue weighted by Gasteiger charge is 2.16. The van der Waals surface area contributed by atoms with Crippen molar-refractivity contribution in [3.8, 4) is 0 Å². The maximum Gasteiger partial charge on any atom is 0.222 e. The summed E-state index contributed by atoms with van der Waals surface area (Å²) in [7, 11) is 1.69. The summed E-state index contributed by atoms with van der Waals surface area (Å²) in [5.74, 6) is 0.0684. The minimum Gasteiger partial charge on any atom is -0.359 e. The van der Waals surface area contributed by atoms with Gasteiger partial charge in [0.1, 0.15) is 0 Å². The predicted molar refractivity (Wildman–Crippen MR) is 91.3 cm³/mol. The van der Waals surface area contributed by atoms with Crippen LogP contribution in [0, 0.1) is 12.8 Å². The van der Waals surface area contributed by atoms with Crippen molar-refractivity contribution >= 4 is 12.0 Å². The topological polar surface area (TPSA) is 29.1 Å². The average molecular weight is 285 g/mol. The molecule has 0 spiro atoms. The number of allylic oxidation sites excluding steroid dienone is 1. The van der Waals surface area contributed by atoms with Gasteiger partial charge in [-0.15, -0.1) is 6.58 Å². The first-order valence-electron chi connectivity index (χ1n) is 7.50. The van der Waals surface area contributed by atoms with E-state index in [9.17, 15) is 4.79 Å². The Balaban J connectivity index is 3.11. The number of benzene rings is 1. The largest absolute Gasteiger partial charge is 0.359 e. The van der Waals surface area contributed by atoms with Crippen LogP contribution in [-0.2, 0) is 17.6 Å². The molecule has 1 rings (SSSR count). The van der Waals surface area contributed by atoms with Crippen molar-refractivity contribution in [1.82, 2.24) is 5.32 Å². The summed E-state index contributed by atoms with van der Waals surface area (Å²) in [5, 5.41) is 2.72. The van der Waals surface area contributed by atoms with Gasteiger partial charge >= 0.3 is 0 Å². The van der Waals surface area contributed by atoms with Gasteiger partial charge in [0.15, 0.2) is 0 Å². The van der Waals surface area contributed by atoms with Crippen molar-refractivity contribution in [1.29, 1.82) is 0 Å². The molecule has 0 saturated heterocycles. The molecule has 0 aromatic heterocycles. The van der Waals surface area contributed by atoms with Gasteiger partial charge in [-0.2, -0.15) is 0 Å². The smallest absolute Gasteiger partial charge is 0.222 e. The quantitative estimate of drug-likeness (QED) is 0.752. The van der Waals surface area contributed by atoms with Crippen molar-refractivity contribution in [3.05, 3.63) is 53.1 Å². The van der Waals surface area contributed by atoms with Crippen LogP contribution in [0.3, 0.4) is 0 Å². The van der Waals surface area contributed by atoms with E-state index in [2.05, 4.69) is 44.5 Å². The van der Waals surface area contributed by atoms with Crippen LogP contribution in [0.15, 0.2) is 30.9 Å². The Morgan fingerprint density at radius 2 is 2.10 bits per heavy atom. The third-order valence-electron chi connectivity index (χ3n) is 3.98. The van der Waals surface area contributed by atoms with Crippen LogP contribution in [0.5, 0.6) is 0 Å². The van der Waals surface area contributed by atoms with Crippen LogP contribution >= 0.6 is 0 Å². The van der Waals surface area contributed by atoms with E-state index in [0.29, 0.717) is 0 Å². The number of amides is 1. The van der Waals surface area contributed by atoms with Crippen LogP contribution in [0.25, 0.3) is 6.08 Å². The van der Waals surface area contributed by atoms with Crippen LogP contribution in [-0.4, -0.2) is 13.0 Å². The second-order valence-corrected chi connectivity index (χ2v) is 5.80. The lowest BCUT2D eigenvalue weighted by Gasteiger charge is -2.18. The summed E-state index contributed by atoms with van der Waals surface area (Å²) in [4.78, 5) is 11.8. The summed E-state index contributed by atoms with van der Waals surface area (Å²) in [5.41, 5.74) is 6.22. The molecule has 0 bridgehead atoms. The molecule has 1 atom stereocenters. The number of nitrogens with one attached hydrogen (secondary N) is 1. The van der Waals surface area contributed by atoms with E-state index in [-0.39, 0.29) is 11.8 Å². The van der Waals surface area contributed by atoms with Crippen molar-refractivity contribution in [2.24, 2.45) is 5.92 Å². The normalized spacial score (nSPS) is 11.8. The van der Waals surface area contributed by atoms with Gasteiger partial charge in [0.2, 0.25) is 5.91 Å². The maximum absolute atomic E-state index is 11.8. The van der Waals surface area contributed by atoms with Gasteiger partial charge in [-0.25, -0.2) is 0 Å². The number of carbonyl (C=O) groups excluding carboxylic acids is 1. The Morgan fingerprint density at radius 1 is 1.43 bits per heavy atom. The van der Waals surface area contributed by atoms with Gasteiger partial charge in [-0.05, 0) is 55.4 Å². The molecule has 1 unspecified atom stereocenters. The van der Waals surface area contributed by atoms with E-state index in [1.807, 2.05) is 13.0 Å². The lowest BCUT2D eigenvalue weighted by molar-refractivity contribution is -0.123. The molecule has 2 nitrogen and oxygen atoms in total. The van der Waals surface area contributed by atoms with E-state index in [4.69, 9.17) is 0 Å². The first kappa shape index (κ1) is 17.2. The molecule has 0 aliphatic rings. The van der Waals surface area contributed by atoms with Crippen LogP contribution < -0.4 is 5.32 Å². The average Bonchev–Trinajstić information content (AvgIpc) is 2.45. The highest BCUT2D eigenvalue weighted by atomic mass is 16.1. The molecule has 2 heteroatoms. The molecule has 0 aliphatic carbocycles. The van der Waals surface area contributed by atoms with Crippen molar-refractivity contribution in [2.45, 2.75) is 40.0 Å². The fourth-order valence-electron chi connectivity index (χ4n) is 2.60. The lowest BCUT2D eigenvalue weighted by atomic mass is 9.88. The first-order chi connectivity index (χ1) is 9.90. The molecule has 0 radical (unpaired) electrons. The summed E-state index contributed by atoms with van der Waals surface area (Å²) in [6.07, 6.45) is 4.61. The van der Waals surface area contributed by atoms with E-state index in [0.717, 1.165) is 19.3 Å². The fraction of sp³-hybridized carbons (Fsp3) is 0.421. The molecule has 1 amide bonds. The van der Waals surface area contributed by atoms with Gasteiger partial charge in [-0.1, -0.05) is 37.3 Å². The molecule has 114 valence electrons. The number of carbonyl (C=O) groups is 1. The second-order valence-electron chi connectivity index (χ2n) is 5.80. The minimum atomic E-state index is -0.0208. The van der Waals surface area contributed by atoms with Gasteiger partial charge in [-0.3, -0.25) is 4.79 Å². The van der Waals surface area contributed by atoms with Gasteiger partial charge in [0, 0.05) is 13.0 Å². The van der Waals surface area contributed by atoms with Crippen molar-refractivity contribution in [2.75, 3.05) is 7.05 Å². The Kier molecular flexibility index (Phi) is 6.41. The molecule has 0 heterocycles. The summed E-state index contributed by atoms with van der Waals surface area (Å²) in [6.45, 7) is 14.0. The first-order valence-corrected chi connectivity index (χ1v) is 7.50. The fourth-order valence-corrected chi connectivity index (χ4v) is 2.60. The number of hydrogen-bond acceptors (Lipinski definition) is 1. The standard InChI is InChI=1S/C19H27NO/c1-7-16-9-10-17(12-14(4)19(21)20-6)18(15(16)5)11-8-13(2)3/h7,9-10,14H,1-2,8,11-12H2,3-6H3,(H,20,21). The van der Waals surface area contributed by atoms with Crippen molar-refractivity contribution in [3.63, 3.8) is 0 Å². The highest BCUT2D eigenvalue weighted by Crippen LogP contribution is 2.24. The molecule has 0 fully saturated rings. The maximum atomic E-state index is 11.8. The summed E-state index contributed by atoms with van der Waals surface area (Å²) < 4.78 is 0. The molecule has 0 saturated carbocycles. The van der Waals surface area contributed by atoms with E-state index in [1.54, 1.807) is 7.05 Å². The molecular weight excluding hydrogens is 258 g/mol. The monoisotopic (exact) mass is 285 g/mol. The van der Waals surface area contributed by atoms with Crippen LogP contribution in [0.4, 0.5) is 0 Å². The highest BCUT2D eigenvalue weighted by molar-refractivity contribution is 5.78. The van der Waals surface area contributed by atoms with E-state index in [1.165, 1.54) is 27.8 Å². The van der Waals surface area contributed by atoms with Crippen LogP contribution in [0.1, 0.15) is 42.5 Å². The lowest BCUT2D eigenvalue weighted by Crippen LogP contribution is -2.27. The summed E-state index contributed by atoms with van der Waals surface area (Å²) in [6, 6.07) is 4.23. The van der Waals surface area contributed by atoms with Gasteiger partial charge in [0.25, 0.3) is 0 Å². The molecule has 1 N–H and O–H groups in total. The van der Waals surface area contributed by atoms with E-state index >= 15 is 0 Å². The predicted octanol–water partition coefficient (Wildman–Crippen LogP) is 4.07. The van der Waals surface area contributed by atoms with Gasteiger partial charge < -0.3 is 5.32 Å². The molecule has 0 aliphatic heterocycles. The summed E-state index contributed by atoms with van der Waals surface area (Å²) >= 11 is 0. The second kappa shape index (κ2) is 7.82. The Bertz CT molecular complexity index is 543. The van der Waals surface area contributed by atoms with E-state index < -0.39 is 0 Å². The molecule has 1 aromatic rings. The third-order valence-corrected chi connectivity index (χ3v) is 3.98. The SMILES string of the molecule is C=Cc1ccc(CC(C)C(=O)NC)c(CCC(=C)C)c1C. The minimum absolute atomic E-state index is 0.0208. The zero-order valence-corrected chi connectivity index (χ0v) is 13.8. The zero-order valence-electron chi connectivity index (χ0n) is 13.8. The third kappa shape index (κ3) is 4.59. The molecular formula is C19H27NO. The van der Waals surface area contributed by atoms with Crippen LogP contribution in [0.2, 0.25) is 0 Å². The molecule has 21 heavy (non-hydrogen) atoms. The van der Waals surface area contributed by atoms with Crippen molar-refractivity contribution < 1.29 is 4.79 Å².